The highest BCUT2D eigenvalue weighted by molar-refractivity contribution is 7.98. The van der Waals surface area contributed by atoms with E-state index in [-0.39, 0.29) is 5.91 Å². The van der Waals surface area contributed by atoms with Gasteiger partial charge in [0.15, 0.2) is 0 Å². The van der Waals surface area contributed by atoms with E-state index in [4.69, 9.17) is 10.5 Å². The average Bonchev–Trinajstić information content (AvgIpc) is 2.58. The first-order chi connectivity index (χ1) is 11.1. The lowest BCUT2D eigenvalue weighted by Crippen LogP contribution is -2.24. The molecule has 0 bridgehead atoms. The summed E-state index contributed by atoms with van der Waals surface area (Å²) >= 11 is 1.68. The monoisotopic (exact) mass is 330 g/mol. The first-order valence-corrected chi connectivity index (χ1v) is 8.71. The lowest BCUT2D eigenvalue weighted by atomic mass is 10.1. The SMILES string of the molecule is CSc1cccc(CNC(=O)c2cc(C)ccc2OCCN)c1. The van der Waals surface area contributed by atoms with Crippen molar-refractivity contribution in [3.05, 3.63) is 59.2 Å². The second-order valence-corrected chi connectivity index (χ2v) is 6.05. The van der Waals surface area contributed by atoms with Gasteiger partial charge in [0.1, 0.15) is 12.4 Å². The predicted octanol–water partition coefficient (Wildman–Crippen LogP) is 2.98. The van der Waals surface area contributed by atoms with Crippen LogP contribution in [0.2, 0.25) is 0 Å². The van der Waals surface area contributed by atoms with Crippen LogP contribution < -0.4 is 15.8 Å². The number of amides is 1. The predicted molar refractivity (Wildman–Crippen MR) is 95.1 cm³/mol. The molecule has 1 amide bonds. The van der Waals surface area contributed by atoms with Gasteiger partial charge < -0.3 is 15.8 Å². The minimum absolute atomic E-state index is 0.143. The van der Waals surface area contributed by atoms with E-state index in [0.717, 1.165) is 11.1 Å². The van der Waals surface area contributed by atoms with Crippen LogP contribution in [0.3, 0.4) is 0 Å². The molecule has 122 valence electrons. The van der Waals surface area contributed by atoms with Gasteiger partial charge >= 0.3 is 0 Å². The minimum Gasteiger partial charge on any atom is -0.491 e. The Balaban J connectivity index is 2.08. The van der Waals surface area contributed by atoms with Crippen LogP contribution in [0.25, 0.3) is 0 Å². The van der Waals surface area contributed by atoms with Crippen LogP contribution in [0.1, 0.15) is 21.5 Å². The lowest BCUT2D eigenvalue weighted by Gasteiger charge is -2.12. The maximum absolute atomic E-state index is 12.5. The normalized spacial score (nSPS) is 10.4. The van der Waals surface area contributed by atoms with Crippen LogP contribution in [-0.4, -0.2) is 25.3 Å². The molecule has 2 rings (SSSR count). The molecule has 0 saturated heterocycles. The molecule has 0 atom stereocenters. The summed E-state index contributed by atoms with van der Waals surface area (Å²) < 4.78 is 5.56. The Labute approximate surface area is 141 Å². The van der Waals surface area contributed by atoms with Crippen LogP contribution >= 0.6 is 11.8 Å². The molecule has 0 aliphatic carbocycles. The number of thioether (sulfide) groups is 1. The number of ether oxygens (including phenoxy) is 1. The Kier molecular flexibility index (Phi) is 6.50. The molecule has 0 aliphatic heterocycles. The fourth-order valence-corrected chi connectivity index (χ4v) is 2.66. The van der Waals surface area contributed by atoms with E-state index < -0.39 is 0 Å². The Morgan fingerprint density at radius 2 is 2.09 bits per heavy atom. The molecule has 0 aliphatic rings. The molecule has 4 nitrogen and oxygen atoms in total. The van der Waals surface area contributed by atoms with Crippen LogP contribution in [0.5, 0.6) is 5.75 Å². The average molecular weight is 330 g/mol. The lowest BCUT2D eigenvalue weighted by molar-refractivity contribution is 0.0947. The zero-order chi connectivity index (χ0) is 16.7. The van der Waals surface area contributed by atoms with Crippen LogP contribution in [0.15, 0.2) is 47.4 Å². The van der Waals surface area contributed by atoms with Crippen molar-refractivity contribution in [3.8, 4) is 5.75 Å². The van der Waals surface area contributed by atoms with Crippen LogP contribution in [0, 0.1) is 6.92 Å². The first kappa shape index (κ1) is 17.4. The van der Waals surface area contributed by atoms with Crippen molar-refractivity contribution in [2.75, 3.05) is 19.4 Å². The van der Waals surface area contributed by atoms with Crippen molar-refractivity contribution < 1.29 is 9.53 Å². The van der Waals surface area contributed by atoms with E-state index in [1.165, 1.54) is 4.90 Å². The van der Waals surface area contributed by atoms with Crippen molar-refractivity contribution >= 4 is 17.7 Å². The molecule has 2 aromatic rings. The number of hydrogen-bond acceptors (Lipinski definition) is 4. The smallest absolute Gasteiger partial charge is 0.255 e. The van der Waals surface area contributed by atoms with E-state index in [1.54, 1.807) is 11.8 Å². The maximum atomic E-state index is 12.5. The van der Waals surface area contributed by atoms with E-state index in [9.17, 15) is 4.79 Å². The highest BCUT2D eigenvalue weighted by atomic mass is 32.2. The number of aryl methyl sites for hydroxylation is 1. The van der Waals surface area contributed by atoms with E-state index >= 15 is 0 Å². The van der Waals surface area contributed by atoms with Gasteiger partial charge in [-0.25, -0.2) is 0 Å². The van der Waals surface area contributed by atoms with Crippen molar-refractivity contribution in [1.82, 2.24) is 5.32 Å². The summed E-state index contributed by atoms with van der Waals surface area (Å²) in [5.74, 6) is 0.423. The summed E-state index contributed by atoms with van der Waals surface area (Å²) in [5, 5.41) is 2.95. The summed E-state index contributed by atoms with van der Waals surface area (Å²) in [6.07, 6.45) is 2.03. The summed E-state index contributed by atoms with van der Waals surface area (Å²) in [6, 6.07) is 13.7. The molecular formula is C18H22N2O2S. The van der Waals surface area contributed by atoms with Gasteiger partial charge in [-0.2, -0.15) is 0 Å². The van der Waals surface area contributed by atoms with Gasteiger partial charge in [-0.15, -0.1) is 11.8 Å². The fourth-order valence-electron chi connectivity index (χ4n) is 2.18. The molecule has 2 aromatic carbocycles. The Bertz CT molecular complexity index is 674. The van der Waals surface area contributed by atoms with Gasteiger partial charge in [-0.1, -0.05) is 23.8 Å². The number of rotatable bonds is 7. The molecule has 0 unspecified atom stereocenters. The number of hydrogen-bond donors (Lipinski definition) is 2. The molecule has 0 fully saturated rings. The molecule has 0 heterocycles. The van der Waals surface area contributed by atoms with Crippen LogP contribution in [0.4, 0.5) is 0 Å². The van der Waals surface area contributed by atoms with Crippen LogP contribution in [-0.2, 0) is 6.54 Å². The van der Waals surface area contributed by atoms with E-state index in [2.05, 4.69) is 17.4 Å². The van der Waals surface area contributed by atoms with Gasteiger partial charge in [0, 0.05) is 18.0 Å². The second kappa shape index (κ2) is 8.60. The third-order valence-electron chi connectivity index (χ3n) is 3.34. The third-order valence-corrected chi connectivity index (χ3v) is 4.07. The van der Waals surface area contributed by atoms with Crippen molar-refractivity contribution in [2.24, 2.45) is 5.73 Å². The second-order valence-electron chi connectivity index (χ2n) is 5.17. The molecule has 0 aromatic heterocycles. The zero-order valence-electron chi connectivity index (χ0n) is 13.5. The standard InChI is InChI=1S/C18H22N2O2S/c1-13-6-7-17(22-9-8-19)16(10-13)18(21)20-12-14-4-3-5-15(11-14)23-2/h3-7,10-11H,8-9,12,19H2,1-2H3,(H,20,21). The van der Waals surface area contributed by atoms with E-state index in [1.807, 2.05) is 43.5 Å². The Morgan fingerprint density at radius 3 is 2.83 bits per heavy atom. The van der Waals surface area contributed by atoms with Crippen molar-refractivity contribution in [2.45, 2.75) is 18.4 Å². The van der Waals surface area contributed by atoms with Gasteiger partial charge in [-0.05, 0) is 43.0 Å². The summed E-state index contributed by atoms with van der Waals surface area (Å²) in [5.41, 5.74) is 8.09. The van der Waals surface area contributed by atoms with Gasteiger partial charge in [-0.3, -0.25) is 4.79 Å². The number of carbonyl (C=O) groups excluding carboxylic acids is 1. The van der Waals surface area contributed by atoms with Crippen molar-refractivity contribution in [1.29, 1.82) is 0 Å². The molecular weight excluding hydrogens is 308 g/mol. The highest BCUT2D eigenvalue weighted by Crippen LogP contribution is 2.20. The maximum Gasteiger partial charge on any atom is 0.255 e. The zero-order valence-corrected chi connectivity index (χ0v) is 14.3. The third kappa shape index (κ3) is 5.01. The van der Waals surface area contributed by atoms with Gasteiger partial charge in [0.05, 0.1) is 5.56 Å². The number of carbonyl (C=O) groups is 1. The summed E-state index contributed by atoms with van der Waals surface area (Å²) in [6.45, 7) is 3.23. The summed E-state index contributed by atoms with van der Waals surface area (Å²) in [4.78, 5) is 13.7. The Morgan fingerprint density at radius 1 is 1.26 bits per heavy atom. The summed E-state index contributed by atoms with van der Waals surface area (Å²) in [7, 11) is 0. The quantitative estimate of drug-likeness (QED) is 0.766. The molecule has 0 saturated carbocycles. The largest absolute Gasteiger partial charge is 0.491 e. The number of nitrogens with two attached hydrogens (primary N) is 1. The van der Waals surface area contributed by atoms with Crippen molar-refractivity contribution in [3.63, 3.8) is 0 Å². The van der Waals surface area contributed by atoms with E-state index in [0.29, 0.717) is 31.0 Å². The number of benzene rings is 2. The molecule has 0 radical (unpaired) electrons. The Hall–Kier alpha value is -1.98. The van der Waals surface area contributed by atoms with Gasteiger partial charge in [0.25, 0.3) is 5.91 Å². The molecule has 23 heavy (non-hydrogen) atoms. The van der Waals surface area contributed by atoms with Gasteiger partial charge in [0.2, 0.25) is 0 Å². The molecule has 3 N–H and O–H groups in total. The molecule has 0 spiro atoms. The topological polar surface area (TPSA) is 64.3 Å². The highest BCUT2D eigenvalue weighted by Gasteiger charge is 2.13. The number of nitrogens with one attached hydrogen (secondary N) is 1. The minimum atomic E-state index is -0.143. The first-order valence-electron chi connectivity index (χ1n) is 7.48. The fraction of sp³-hybridized carbons (Fsp3) is 0.278. The molecule has 5 heteroatoms.